The van der Waals surface area contributed by atoms with Gasteiger partial charge in [-0.3, -0.25) is 9.29 Å². The summed E-state index contributed by atoms with van der Waals surface area (Å²) < 4.78 is 75.8. The van der Waals surface area contributed by atoms with Crippen molar-refractivity contribution in [3.63, 3.8) is 0 Å². The minimum atomic E-state index is -4.73. The predicted molar refractivity (Wildman–Crippen MR) is 82.3 cm³/mol. The van der Waals surface area contributed by atoms with Crippen molar-refractivity contribution in [3.05, 3.63) is 42.7 Å². The van der Waals surface area contributed by atoms with E-state index in [9.17, 15) is 21.6 Å². The van der Waals surface area contributed by atoms with Gasteiger partial charge in [-0.05, 0) is 24.3 Å². The summed E-state index contributed by atoms with van der Waals surface area (Å²) in [5.41, 5.74) is -0.151. The molecule has 0 saturated heterocycles. The van der Waals surface area contributed by atoms with Crippen molar-refractivity contribution in [2.45, 2.75) is 11.1 Å². The van der Waals surface area contributed by atoms with Gasteiger partial charge in [0.25, 0.3) is 10.0 Å². The van der Waals surface area contributed by atoms with Crippen LogP contribution < -0.4 is 13.8 Å². The quantitative estimate of drug-likeness (QED) is 0.823. The Morgan fingerprint density at radius 2 is 1.76 bits per heavy atom. The molecule has 0 fully saturated rings. The Labute approximate surface area is 141 Å². The van der Waals surface area contributed by atoms with Crippen molar-refractivity contribution in [1.29, 1.82) is 0 Å². The number of pyridine rings is 1. The first-order chi connectivity index (χ1) is 11.8. The van der Waals surface area contributed by atoms with Gasteiger partial charge in [-0.1, -0.05) is 6.07 Å². The molecule has 0 radical (unpaired) electrons. The number of ether oxygens (including phenoxy) is 2. The molecule has 0 saturated carbocycles. The Hall–Kier alpha value is -2.49. The maximum Gasteiger partial charge on any atom is 0.407 e. The van der Waals surface area contributed by atoms with Gasteiger partial charge < -0.3 is 9.47 Å². The van der Waals surface area contributed by atoms with E-state index in [-0.39, 0.29) is 39.6 Å². The number of halogens is 3. The first-order valence-corrected chi connectivity index (χ1v) is 8.61. The molecule has 2 aromatic rings. The van der Waals surface area contributed by atoms with Crippen LogP contribution in [0, 0.1) is 0 Å². The summed E-state index contributed by atoms with van der Waals surface area (Å²) in [5, 5.41) is 0. The fraction of sp³-hybridized carbons (Fsp3) is 0.267. The number of fused-ring (bicyclic) bond motifs is 1. The molecule has 1 aliphatic rings. The molecule has 0 atom stereocenters. The van der Waals surface area contributed by atoms with Gasteiger partial charge in [0.05, 0.1) is 5.69 Å². The monoisotopic (exact) mass is 374 g/mol. The summed E-state index contributed by atoms with van der Waals surface area (Å²) in [6.07, 6.45) is -2.30. The first kappa shape index (κ1) is 17.3. The number of alkyl halides is 3. The number of aromatic nitrogens is 1. The van der Waals surface area contributed by atoms with Crippen LogP contribution >= 0.6 is 0 Å². The predicted octanol–water partition coefficient (Wildman–Crippen LogP) is 2.61. The van der Waals surface area contributed by atoms with Gasteiger partial charge in [0.1, 0.15) is 24.7 Å². The molecular weight excluding hydrogens is 361 g/mol. The van der Waals surface area contributed by atoms with Crippen LogP contribution in [-0.4, -0.2) is 39.3 Å². The summed E-state index contributed by atoms with van der Waals surface area (Å²) in [5.74, 6) is 0.0870. The standard InChI is InChI=1S/C15H13F3N2O4S/c16-15(17,18)10-20(11-4-6-19-7-5-11)25(21,22)13-3-1-2-12-14(13)24-9-8-23-12/h1-7H,8-10H2. The molecule has 25 heavy (non-hydrogen) atoms. The fourth-order valence-corrected chi connectivity index (χ4v) is 3.95. The van der Waals surface area contributed by atoms with Crippen LogP contribution in [0.3, 0.4) is 0 Å². The zero-order chi connectivity index (χ0) is 18.1. The summed E-state index contributed by atoms with van der Waals surface area (Å²) in [6.45, 7) is -1.34. The van der Waals surface area contributed by atoms with Gasteiger partial charge in [0, 0.05) is 12.4 Å². The second-order valence-corrected chi connectivity index (χ2v) is 6.94. The molecule has 0 spiro atoms. The molecule has 1 aliphatic heterocycles. The summed E-state index contributed by atoms with van der Waals surface area (Å²) in [4.78, 5) is 3.32. The SMILES string of the molecule is O=S(=O)(c1cccc2c1OCCO2)N(CC(F)(F)F)c1ccncc1. The molecule has 0 bridgehead atoms. The summed E-state index contributed by atoms with van der Waals surface area (Å²) in [7, 11) is -4.55. The average molecular weight is 374 g/mol. The number of anilines is 1. The number of nitrogens with zero attached hydrogens (tertiary/aromatic N) is 2. The highest BCUT2D eigenvalue weighted by Gasteiger charge is 2.39. The van der Waals surface area contributed by atoms with Crippen molar-refractivity contribution < 1.29 is 31.1 Å². The normalized spacial score (nSPS) is 14.2. The van der Waals surface area contributed by atoms with Gasteiger partial charge in [-0.25, -0.2) is 8.42 Å². The van der Waals surface area contributed by atoms with E-state index < -0.39 is 22.7 Å². The van der Waals surface area contributed by atoms with E-state index in [1.165, 1.54) is 42.7 Å². The molecule has 0 aliphatic carbocycles. The van der Waals surface area contributed by atoms with Gasteiger partial charge >= 0.3 is 6.18 Å². The fourth-order valence-electron chi connectivity index (χ4n) is 2.36. The molecule has 1 aromatic carbocycles. The number of rotatable bonds is 4. The van der Waals surface area contributed by atoms with Crippen LogP contribution in [-0.2, 0) is 10.0 Å². The zero-order valence-electron chi connectivity index (χ0n) is 12.7. The Morgan fingerprint density at radius 3 is 2.44 bits per heavy atom. The maximum atomic E-state index is 13.0. The zero-order valence-corrected chi connectivity index (χ0v) is 13.5. The highest BCUT2D eigenvalue weighted by atomic mass is 32.2. The van der Waals surface area contributed by atoms with Crippen LogP contribution in [0.4, 0.5) is 18.9 Å². The van der Waals surface area contributed by atoms with Crippen molar-refractivity contribution in [3.8, 4) is 11.5 Å². The van der Waals surface area contributed by atoms with Crippen molar-refractivity contribution in [1.82, 2.24) is 4.98 Å². The third-order valence-corrected chi connectivity index (χ3v) is 5.17. The van der Waals surface area contributed by atoms with Crippen LogP contribution in [0.1, 0.15) is 0 Å². The van der Waals surface area contributed by atoms with Crippen LogP contribution in [0.5, 0.6) is 11.5 Å². The lowest BCUT2D eigenvalue weighted by Crippen LogP contribution is -2.39. The number of para-hydroxylation sites is 1. The van der Waals surface area contributed by atoms with Crippen molar-refractivity contribution >= 4 is 15.7 Å². The van der Waals surface area contributed by atoms with Gasteiger partial charge in [-0.2, -0.15) is 13.2 Å². The summed E-state index contributed by atoms with van der Waals surface area (Å²) >= 11 is 0. The van der Waals surface area contributed by atoms with E-state index in [0.29, 0.717) is 0 Å². The highest BCUT2D eigenvalue weighted by Crippen LogP contribution is 2.39. The molecule has 6 nitrogen and oxygen atoms in total. The second-order valence-electron chi connectivity index (χ2n) is 5.11. The van der Waals surface area contributed by atoms with E-state index in [0.717, 1.165) is 0 Å². The smallest absolute Gasteiger partial charge is 0.407 e. The Balaban J connectivity index is 2.12. The molecule has 0 amide bonds. The van der Waals surface area contributed by atoms with Gasteiger partial charge in [0.15, 0.2) is 11.5 Å². The van der Waals surface area contributed by atoms with Crippen LogP contribution in [0.2, 0.25) is 0 Å². The van der Waals surface area contributed by atoms with Crippen molar-refractivity contribution in [2.75, 3.05) is 24.1 Å². The minimum Gasteiger partial charge on any atom is -0.486 e. The van der Waals surface area contributed by atoms with E-state index in [2.05, 4.69) is 4.98 Å². The molecule has 1 aromatic heterocycles. The largest absolute Gasteiger partial charge is 0.486 e. The van der Waals surface area contributed by atoms with Crippen LogP contribution in [0.25, 0.3) is 0 Å². The minimum absolute atomic E-state index is 0.0880. The number of sulfonamides is 1. The second kappa shape index (κ2) is 6.43. The Bertz CT molecular complexity index is 857. The molecule has 0 unspecified atom stereocenters. The molecular formula is C15H13F3N2O4S. The van der Waals surface area contributed by atoms with E-state index in [1.54, 1.807) is 0 Å². The lowest BCUT2D eigenvalue weighted by molar-refractivity contribution is -0.117. The molecule has 10 heteroatoms. The number of hydrogen-bond donors (Lipinski definition) is 0. The Kier molecular flexibility index (Phi) is 4.46. The van der Waals surface area contributed by atoms with E-state index >= 15 is 0 Å². The topological polar surface area (TPSA) is 68.7 Å². The molecule has 2 heterocycles. The van der Waals surface area contributed by atoms with Crippen LogP contribution in [0.15, 0.2) is 47.6 Å². The van der Waals surface area contributed by atoms with E-state index in [4.69, 9.17) is 9.47 Å². The van der Waals surface area contributed by atoms with Crippen molar-refractivity contribution in [2.24, 2.45) is 0 Å². The lowest BCUT2D eigenvalue weighted by Gasteiger charge is -2.27. The third kappa shape index (κ3) is 3.63. The first-order valence-electron chi connectivity index (χ1n) is 7.17. The number of hydrogen-bond acceptors (Lipinski definition) is 5. The summed E-state index contributed by atoms with van der Waals surface area (Å²) in [6, 6.07) is 6.45. The Morgan fingerprint density at radius 1 is 1.08 bits per heavy atom. The van der Waals surface area contributed by atoms with Gasteiger partial charge in [-0.15, -0.1) is 0 Å². The highest BCUT2D eigenvalue weighted by molar-refractivity contribution is 7.93. The molecule has 3 rings (SSSR count). The third-order valence-electron chi connectivity index (χ3n) is 3.37. The molecule has 134 valence electrons. The lowest BCUT2D eigenvalue weighted by atomic mass is 10.3. The molecule has 0 N–H and O–H groups in total. The van der Waals surface area contributed by atoms with E-state index in [1.807, 2.05) is 0 Å². The maximum absolute atomic E-state index is 13.0. The van der Waals surface area contributed by atoms with Gasteiger partial charge in [0.2, 0.25) is 0 Å². The average Bonchev–Trinajstić information content (AvgIpc) is 2.59. The number of benzene rings is 1.